The van der Waals surface area contributed by atoms with Crippen molar-refractivity contribution in [1.82, 2.24) is 10.6 Å². The zero-order valence-corrected chi connectivity index (χ0v) is 13.2. The minimum Gasteiger partial charge on any atom is -0.356 e. The van der Waals surface area contributed by atoms with Gasteiger partial charge in [0.1, 0.15) is 0 Å². The molecule has 0 fully saturated rings. The molecule has 108 valence electrons. The van der Waals surface area contributed by atoms with Crippen molar-refractivity contribution in [2.75, 3.05) is 13.1 Å². The highest BCUT2D eigenvalue weighted by Gasteiger charge is 2.21. The SMILES string of the molecule is CCCC(C)(CC)NCCCNC(=O)C(C)(C)C. The van der Waals surface area contributed by atoms with Crippen molar-refractivity contribution in [2.45, 2.75) is 72.8 Å². The summed E-state index contributed by atoms with van der Waals surface area (Å²) in [6.45, 7) is 14.3. The summed E-state index contributed by atoms with van der Waals surface area (Å²) >= 11 is 0. The average Bonchev–Trinajstić information content (AvgIpc) is 2.27. The van der Waals surface area contributed by atoms with E-state index in [1.807, 2.05) is 20.8 Å². The van der Waals surface area contributed by atoms with Gasteiger partial charge in [-0.3, -0.25) is 4.79 Å². The van der Waals surface area contributed by atoms with Crippen molar-refractivity contribution >= 4 is 5.91 Å². The van der Waals surface area contributed by atoms with E-state index in [0.717, 1.165) is 25.9 Å². The molecule has 0 spiro atoms. The van der Waals surface area contributed by atoms with Gasteiger partial charge in [0, 0.05) is 17.5 Å². The third-order valence-corrected chi connectivity index (χ3v) is 3.45. The third-order valence-electron chi connectivity index (χ3n) is 3.45. The van der Waals surface area contributed by atoms with Gasteiger partial charge in [-0.25, -0.2) is 0 Å². The molecule has 18 heavy (non-hydrogen) atoms. The molecular formula is C15H32N2O. The predicted octanol–water partition coefficient (Wildman–Crippen LogP) is 3.10. The summed E-state index contributed by atoms with van der Waals surface area (Å²) in [6, 6.07) is 0. The minimum absolute atomic E-state index is 0.134. The fraction of sp³-hybridized carbons (Fsp3) is 0.933. The molecule has 0 radical (unpaired) electrons. The Kier molecular flexibility index (Phi) is 7.53. The van der Waals surface area contributed by atoms with Crippen molar-refractivity contribution in [3.05, 3.63) is 0 Å². The molecule has 0 aromatic carbocycles. The van der Waals surface area contributed by atoms with Crippen LogP contribution in [0.25, 0.3) is 0 Å². The lowest BCUT2D eigenvalue weighted by Crippen LogP contribution is -2.43. The molecule has 3 heteroatoms. The summed E-state index contributed by atoms with van der Waals surface area (Å²) in [5, 5.41) is 6.59. The van der Waals surface area contributed by atoms with Crippen molar-refractivity contribution in [1.29, 1.82) is 0 Å². The Morgan fingerprint density at radius 1 is 1.06 bits per heavy atom. The molecule has 0 aromatic heterocycles. The predicted molar refractivity (Wildman–Crippen MR) is 78.7 cm³/mol. The topological polar surface area (TPSA) is 41.1 Å². The first-order valence-corrected chi connectivity index (χ1v) is 7.28. The van der Waals surface area contributed by atoms with E-state index in [1.54, 1.807) is 0 Å². The molecular weight excluding hydrogens is 224 g/mol. The summed E-state index contributed by atoms with van der Waals surface area (Å²) in [7, 11) is 0. The molecule has 1 unspecified atom stereocenters. The second kappa shape index (κ2) is 7.78. The maximum absolute atomic E-state index is 11.7. The van der Waals surface area contributed by atoms with Gasteiger partial charge in [-0.2, -0.15) is 0 Å². The Labute approximate surface area is 113 Å². The van der Waals surface area contributed by atoms with Gasteiger partial charge < -0.3 is 10.6 Å². The number of amides is 1. The lowest BCUT2D eigenvalue weighted by molar-refractivity contribution is -0.128. The van der Waals surface area contributed by atoms with Crippen LogP contribution in [0.15, 0.2) is 0 Å². The monoisotopic (exact) mass is 256 g/mol. The molecule has 0 aliphatic carbocycles. The lowest BCUT2D eigenvalue weighted by Gasteiger charge is -2.29. The summed E-state index contributed by atoms with van der Waals surface area (Å²) in [5.41, 5.74) is -0.0314. The van der Waals surface area contributed by atoms with E-state index in [2.05, 4.69) is 31.4 Å². The van der Waals surface area contributed by atoms with E-state index >= 15 is 0 Å². The molecule has 2 N–H and O–H groups in total. The molecule has 0 aliphatic heterocycles. The fourth-order valence-electron chi connectivity index (χ4n) is 1.89. The van der Waals surface area contributed by atoms with Crippen LogP contribution in [0.4, 0.5) is 0 Å². The Hall–Kier alpha value is -0.570. The first kappa shape index (κ1) is 17.4. The van der Waals surface area contributed by atoms with E-state index in [4.69, 9.17) is 0 Å². The molecule has 0 aliphatic rings. The van der Waals surface area contributed by atoms with Gasteiger partial charge in [0.05, 0.1) is 0 Å². The molecule has 0 aromatic rings. The first-order valence-electron chi connectivity index (χ1n) is 7.28. The van der Waals surface area contributed by atoms with E-state index in [1.165, 1.54) is 12.8 Å². The number of hydrogen-bond donors (Lipinski definition) is 2. The smallest absolute Gasteiger partial charge is 0.225 e. The molecule has 0 saturated heterocycles. The molecule has 1 atom stereocenters. The van der Waals surface area contributed by atoms with E-state index < -0.39 is 0 Å². The third kappa shape index (κ3) is 7.00. The summed E-state index contributed by atoms with van der Waals surface area (Å²) in [5.74, 6) is 0.134. The van der Waals surface area contributed by atoms with Gasteiger partial charge in [0.2, 0.25) is 5.91 Å². The van der Waals surface area contributed by atoms with Crippen LogP contribution in [-0.4, -0.2) is 24.5 Å². The van der Waals surface area contributed by atoms with Crippen molar-refractivity contribution in [2.24, 2.45) is 5.41 Å². The van der Waals surface area contributed by atoms with Gasteiger partial charge in [-0.1, -0.05) is 41.0 Å². The van der Waals surface area contributed by atoms with Gasteiger partial charge in [0.25, 0.3) is 0 Å². The van der Waals surface area contributed by atoms with Crippen LogP contribution in [-0.2, 0) is 4.79 Å². The largest absolute Gasteiger partial charge is 0.356 e. The average molecular weight is 256 g/mol. The van der Waals surface area contributed by atoms with Crippen LogP contribution in [0.5, 0.6) is 0 Å². The van der Waals surface area contributed by atoms with Crippen LogP contribution in [0, 0.1) is 5.41 Å². The highest BCUT2D eigenvalue weighted by Crippen LogP contribution is 2.16. The highest BCUT2D eigenvalue weighted by atomic mass is 16.2. The Morgan fingerprint density at radius 2 is 1.67 bits per heavy atom. The molecule has 0 bridgehead atoms. The second-order valence-corrected chi connectivity index (χ2v) is 6.45. The van der Waals surface area contributed by atoms with Gasteiger partial charge >= 0.3 is 0 Å². The van der Waals surface area contributed by atoms with Gasteiger partial charge in [-0.15, -0.1) is 0 Å². The first-order chi connectivity index (χ1) is 8.25. The maximum Gasteiger partial charge on any atom is 0.225 e. The Bertz CT molecular complexity index is 245. The van der Waals surface area contributed by atoms with E-state index in [-0.39, 0.29) is 16.9 Å². The van der Waals surface area contributed by atoms with Crippen LogP contribution >= 0.6 is 0 Å². The van der Waals surface area contributed by atoms with Crippen LogP contribution < -0.4 is 10.6 Å². The normalized spacial score (nSPS) is 15.2. The van der Waals surface area contributed by atoms with E-state index in [9.17, 15) is 4.79 Å². The minimum atomic E-state index is -0.284. The number of carbonyl (C=O) groups is 1. The molecule has 0 heterocycles. The van der Waals surface area contributed by atoms with Crippen LogP contribution in [0.1, 0.15) is 67.2 Å². The standard InChI is InChI=1S/C15H32N2O/c1-7-10-15(6,8-2)17-12-9-11-16-13(18)14(3,4)5/h17H,7-12H2,1-6H3,(H,16,18). The van der Waals surface area contributed by atoms with Crippen LogP contribution in [0.2, 0.25) is 0 Å². The molecule has 0 saturated carbocycles. The second-order valence-electron chi connectivity index (χ2n) is 6.45. The Balaban J connectivity index is 3.77. The highest BCUT2D eigenvalue weighted by molar-refractivity contribution is 5.81. The Morgan fingerprint density at radius 3 is 2.11 bits per heavy atom. The number of nitrogens with one attached hydrogen (secondary N) is 2. The molecule has 1 amide bonds. The van der Waals surface area contributed by atoms with E-state index in [0.29, 0.717) is 0 Å². The number of carbonyl (C=O) groups excluding carboxylic acids is 1. The van der Waals surface area contributed by atoms with Gasteiger partial charge in [0.15, 0.2) is 0 Å². The lowest BCUT2D eigenvalue weighted by atomic mass is 9.93. The van der Waals surface area contributed by atoms with Crippen molar-refractivity contribution in [3.8, 4) is 0 Å². The van der Waals surface area contributed by atoms with Gasteiger partial charge in [-0.05, 0) is 32.7 Å². The van der Waals surface area contributed by atoms with Crippen molar-refractivity contribution in [3.63, 3.8) is 0 Å². The maximum atomic E-state index is 11.7. The summed E-state index contributed by atoms with van der Waals surface area (Å²) in [6.07, 6.45) is 4.55. The quantitative estimate of drug-likeness (QED) is 0.655. The van der Waals surface area contributed by atoms with Crippen LogP contribution in [0.3, 0.4) is 0 Å². The number of hydrogen-bond acceptors (Lipinski definition) is 2. The number of rotatable bonds is 8. The molecule has 0 rings (SSSR count). The fourth-order valence-corrected chi connectivity index (χ4v) is 1.89. The zero-order valence-electron chi connectivity index (χ0n) is 13.2. The molecule has 3 nitrogen and oxygen atoms in total. The zero-order chi connectivity index (χ0) is 14.2. The van der Waals surface area contributed by atoms with Crippen molar-refractivity contribution < 1.29 is 4.79 Å². The summed E-state index contributed by atoms with van der Waals surface area (Å²) in [4.78, 5) is 11.7. The summed E-state index contributed by atoms with van der Waals surface area (Å²) < 4.78 is 0.